The van der Waals surface area contributed by atoms with Gasteiger partial charge in [-0.3, -0.25) is 4.48 Å². The van der Waals surface area contributed by atoms with Crippen LogP contribution >= 0.6 is 0 Å². The van der Waals surface area contributed by atoms with Crippen molar-refractivity contribution in [3.8, 4) is 0 Å². The molecule has 78 valence electrons. The molecule has 1 rings (SSSR count). The van der Waals surface area contributed by atoms with Crippen LogP contribution in [0.1, 0.15) is 26.3 Å². The summed E-state index contributed by atoms with van der Waals surface area (Å²) in [6.45, 7) is 10.1. The molecule has 0 amide bonds. The fraction of sp³-hybridized carbons (Fsp3) is 0.538. The lowest BCUT2D eigenvalue weighted by Gasteiger charge is -2.37. The van der Waals surface area contributed by atoms with Gasteiger partial charge in [-0.1, -0.05) is 17.7 Å². The van der Waals surface area contributed by atoms with E-state index in [4.69, 9.17) is 0 Å². The lowest BCUT2D eigenvalue weighted by Crippen LogP contribution is -2.50. The number of nitrogens with zero attached hydrogens (tertiary/aromatic N) is 1. The molecule has 1 aromatic carbocycles. The summed E-state index contributed by atoms with van der Waals surface area (Å²) in [5.74, 6) is 0. The van der Waals surface area contributed by atoms with Gasteiger partial charge in [-0.25, -0.2) is 0 Å². The molecule has 1 unspecified atom stereocenters. The molecule has 14 heavy (non-hydrogen) atoms. The number of benzene rings is 1. The van der Waals surface area contributed by atoms with Crippen molar-refractivity contribution in [2.24, 2.45) is 0 Å². The smallest absolute Gasteiger partial charge is 0.132 e. The average Bonchev–Trinajstić information content (AvgIpc) is 2.17. The van der Waals surface area contributed by atoms with Crippen LogP contribution in [0, 0.1) is 6.92 Å². The summed E-state index contributed by atoms with van der Waals surface area (Å²) in [5, 5.41) is 0. The summed E-state index contributed by atoms with van der Waals surface area (Å²) >= 11 is 0. The maximum atomic E-state index is 2.30. The number of rotatable bonds is 3. The number of aryl methyl sites for hydroxylation is 1. The Bertz CT molecular complexity index is 287. The maximum absolute atomic E-state index is 2.30. The molecule has 0 aliphatic carbocycles. The van der Waals surface area contributed by atoms with E-state index in [0.717, 1.165) is 11.0 Å². The maximum Gasteiger partial charge on any atom is 0.132 e. The van der Waals surface area contributed by atoms with Crippen LogP contribution in [0.5, 0.6) is 0 Å². The second kappa shape index (κ2) is 4.14. The third-order valence-electron chi connectivity index (χ3n) is 3.42. The van der Waals surface area contributed by atoms with E-state index >= 15 is 0 Å². The van der Waals surface area contributed by atoms with E-state index in [-0.39, 0.29) is 0 Å². The van der Waals surface area contributed by atoms with Crippen LogP contribution in [0.2, 0.25) is 0 Å². The van der Waals surface area contributed by atoms with Crippen molar-refractivity contribution in [2.45, 2.75) is 33.7 Å². The molecule has 1 nitrogen and oxygen atoms in total. The Balaban J connectivity index is 3.06. The van der Waals surface area contributed by atoms with Crippen LogP contribution in [0.15, 0.2) is 24.3 Å². The van der Waals surface area contributed by atoms with Crippen molar-refractivity contribution < 1.29 is 0 Å². The standard InChI is InChI=1S/C13H22N/c1-6-14(5,11(2)3)13-9-7-12(4)8-10-13/h7-11H,6H2,1-5H3/q+1. The first-order valence-corrected chi connectivity index (χ1v) is 5.43. The molecule has 0 heterocycles. The van der Waals surface area contributed by atoms with Crippen LogP contribution in [-0.2, 0) is 0 Å². The molecule has 1 atom stereocenters. The van der Waals surface area contributed by atoms with E-state index in [1.807, 2.05) is 0 Å². The minimum atomic E-state index is 0.628. The van der Waals surface area contributed by atoms with E-state index in [0.29, 0.717) is 6.04 Å². The molecule has 0 spiro atoms. The Morgan fingerprint density at radius 3 is 2.00 bits per heavy atom. The van der Waals surface area contributed by atoms with Gasteiger partial charge in [0.25, 0.3) is 0 Å². The van der Waals surface area contributed by atoms with Crippen LogP contribution < -0.4 is 4.48 Å². The zero-order valence-electron chi connectivity index (χ0n) is 10.0. The topological polar surface area (TPSA) is 0 Å². The summed E-state index contributed by atoms with van der Waals surface area (Å²) in [5.41, 5.74) is 2.74. The molecule has 0 aliphatic heterocycles. The Morgan fingerprint density at radius 1 is 1.14 bits per heavy atom. The van der Waals surface area contributed by atoms with Gasteiger partial charge in [-0.15, -0.1) is 0 Å². The quantitative estimate of drug-likeness (QED) is 0.644. The summed E-state index contributed by atoms with van der Waals surface area (Å²) < 4.78 is 1.01. The monoisotopic (exact) mass is 192 g/mol. The predicted molar refractivity (Wildman–Crippen MR) is 64.6 cm³/mol. The van der Waals surface area contributed by atoms with Gasteiger partial charge in [0.15, 0.2) is 0 Å². The zero-order chi connectivity index (χ0) is 10.8. The molecule has 0 fully saturated rings. The lowest BCUT2D eigenvalue weighted by molar-refractivity contribution is 0.285. The Labute approximate surface area is 88.0 Å². The first-order chi connectivity index (χ1) is 6.50. The van der Waals surface area contributed by atoms with E-state index < -0.39 is 0 Å². The molecule has 0 radical (unpaired) electrons. The summed E-state index contributed by atoms with van der Waals surface area (Å²) in [4.78, 5) is 0. The minimum Gasteiger partial charge on any atom is -0.292 e. The van der Waals surface area contributed by atoms with E-state index in [2.05, 4.69) is 59.0 Å². The molecule has 0 bridgehead atoms. The normalized spacial score (nSPS) is 15.6. The molecule has 1 aromatic rings. The molecule has 0 saturated heterocycles. The van der Waals surface area contributed by atoms with Crippen molar-refractivity contribution in [2.75, 3.05) is 13.6 Å². The Hall–Kier alpha value is -0.820. The van der Waals surface area contributed by atoms with E-state index in [1.165, 1.54) is 11.3 Å². The molecule has 1 heteroatoms. The summed E-state index contributed by atoms with van der Waals surface area (Å²) in [6, 6.07) is 9.52. The molecular formula is C13H22N+. The van der Waals surface area contributed by atoms with Crippen molar-refractivity contribution in [1.82, 2.24) is 4.48 Å². The first kappa shape index (κ1) is 11.3. The highest BCUT2D eigenvalue weighted by Gasteiger charge is 2.26. The number of quaternary nitrogens is 1. The van der Waals surface area contributed by atoms with Gasteiger partial charge in [-0.2, -0.15) is 0 Å². The second-order valence-corrected chi connectivity index (χ2v) is 4.51. The van der Waals surface area contributed by atoms with Crippen molar-refractivity contribution in [3.63, 3.8) is 0 Å². The van der Waals surface area contributed by atoms with E-state index in [9.17, 15) is 0 Å². The largest absolute Gasteiger partial charge is 0.292 e. The zero-order valence-corrected chi connectivity index (χ0v) is 10.0. The van der Waals surface area contributed by atoms with Crippen molar-refractivity contribution in [1.29, 1.82) is 0 Å². The molecule has 0 aromatic heterocycles. The highest BCUT2D eigenvalue weighted by molar-refractivity contribution is 5.44. The van der Waals surface area contributed by atoms with Gasteiger partial charge in [0.2, 0.25) is 0 Å². The average molecular weight is 192 g/mol. The van der Waals surface area contributed by atoms with E-state index in [1.54, 1.807) is 0 Å². The van der Waals surface area contributed by atoms with Gasteiger partial charge in [-0.05, 0) is 39.8 Å². The van der Waals surface area contributed by atoms with Crippen LogP contribution in [-0.4, -0.2) is 19.6 Å². The minimum absolute atomic E-state index is 0.628. The second-order valence-electron chi connectivity index (χ2n) is 4.51. The SMILES string of the molecule is CC[N+](C)(c1ccc(C)cc1)C(C)C. The highest BCUT2D eigenvalue weighted by atomic mass is 15.3. The number of hydrogen-bond acceptors (Lipinski definition) is 0. The van der Waals surface area contributed by atoms with Gasteiger partial charge < -0.3 is 0 Å². The van der Waals surface area contributed by atoms with Gasteiger partial charge in [0.1, 0.15) is 5.69 Å². The van der Waals surface area contributed by atoms with Gasteiger partial charge in [0.05, 0.1) is 19.6 Å². The lowest BCUT2D eigenvalue weighted by atomic mass is 10.1. The summed E-state index contributed by atoms with van der Waals surface area (Å²) in [7, 11) is 2.30. The molecule has 0 saturated carbocycles. The van der Waals surface area contributed by atoms with Crippen LogP contribution in [0.3, 0.4) is 0 Å². The Morgan fingerprint density at radius 2 is 1.64 bits per heavy atom. The molecule has 0 aliphatic rings. The fourth-order valence-corrected chi connectivity index (χ4v) is 1.73. The van der Waals surface area contributed by atoms with Gasteiger partial charge in [0, 0.05) is 0 Å². The third kappa shape index (κ3) is 1.98. The number of hydrogen-bond donors (Lipinski definition) is 0. The Kier molecular flexibility index (Phi) is 3.33. The molecular weight excluding hydrogens is 170 g/mol. The third-order valence-corrected chi connectivity index (χ3v) is 3.42. The van der Waals surface area contributed by atoms with Crippen molar-refractivity contribution >= 4 is 5.69 Å². The van der Waals surface area contributed by atoms with Crippen LogP contribution in [0.25, 0.3) is 0 Å². The van der Waals surface area contributed by atoms with Crippen molar-refractivity contribution in [3.05, 3.63) is 29.8 Å². The highest BCUT2D eigenvalue weighted by Crippen LogP contribution is 2.24. The van der Waals surface area contributed by atoms with Gasteiger partial charge >= 0.3 is 0 Å². The predicted octanol–water partition coefficient (Wildman–Crippen LogP) is 3.36. The fourth-order valence-electron chi connectivity index (χ4n) is 1.73. The van der Waals surface area contributed by atoms with Crippen LogP contribution in [0.4, 0.5) is 5.69 Å². The first-order valence-electron chi connectivity index (χ1n) is 5.43. The molecule has 0 N–H and O–H groups in total. The summed E-state index contributed by atoms with van der Waals surface area (Å²) in [6.07, 6.45) is 0.